The Morgan fingerprint density at radius 2 is 1.39 bits per heavy atom. The first kappa shape index (κ1) is 25.0. The van der Waals surface area contributed by atoms with Crippen LogP contribution >= 0.6 is 0 Å². The Hall–Kier alpha value is -2.66. The summed E-state index contributed by atoms with van der Waals surface area (Å²) in [6.07, 6.45) is 2.55. The third-order valence-corrected chi connectivity index (χ3v) is 11.1. The van der Waals surface area contributed by atoms with E-state index in [0.29, 0.717) is 13.2 Å². The van der Waals surface area contributed by atoms with Crippen LogP contribution in [0.2, 0.25) is 5.04 Å². The van der Waals surface area contributed by atoms with E-state index >= 15 is 0 Å². The molecule has 3 rings (SSSR count). The molecule has 4 heteroatoms. The van der Waals surface area contributed by atoms with Crippen LogP contribution in [0.1, 0.15) is 32.8 Å². The van der Waals surface area contributed by atoms with Crippen molar-refractivity contribution in [1.82, 2.24) is 0 Å². The normalized spacial score (nSPS) is 12.8. The third-order valence-electron chi connectivity index (χ3n) is 6.02. The molecule has 3 nitrogen and oxygen atoms in total. The molecule has 3 aromatic rings. The van der Waals surface area contributed by atoms with Crippen molar-refractivity contribution < 1.29 is 13.9 Å². The van der Waals surface area contributed by atoms with Gasteiger partial charge in [0, 0.05) is 6.61 Å². The highest BCUT2D eigenvalue weighted by atomic mass is 28.4. The highest BCUT2D eigenvalue weighted by Crippen LogP contribution is 2.36. The Balaban J connectivity index is 1.75. The average Bonchev–Trinajstić information content (AvgIpc) is 2.84. The maximum atomic E-state index is 6.98. The van der Waals surface area contributed by atoms with Crippen LogP contribution in [0.15, 0.2) is 97.6 Å². The van der Waals surface area contributed by atoms with Crippen molar-refractivity contribution in [2.45, 2.75) is 44.9 Å². The lowest BCUT2D eigenvalue weighted by atomic mass is 10.2. The lowest BCUT2D eigenvalue weighted by Gasteiger charge is -2.43. The second-order valence-electron chi connectivity index (χ2n) is 9.23. The first-order valence-corrected chi connectivity index (χ1v) is 13.4. The molecule has 0 saturated carbocycles. The summed E-state index contributed by atoms with van der Waals surface area (Å²) in [5.41, 5.74) is 1.11. The van der Waals surface area contributed by atoms with Gasteiger partial charge in [0.15, 0.2) is 0 Å². The molecule has 0 spiro atoms. The van der Waals surface area contributed by atoms with Crippen LogP contribution in [0.5, 0.6) is 5.75 Å². The van der Waals surface area contributed by atoms with Gasteiger partial charge in [0.1, 0.15) is 5.75 Å². The molecule has 1 atom stereocenters. The summed E-state index contributed by atoms with van der Waals surface area (Å²) in [6.45, 7) is 12.0. The van der Waals surface area contributed by atoms with Gasteiger partial charge >= 0.3 is 0 Å². The molecule has 174 valence electrons. The molecule has 0 aliphatic rings. The van der Waals surface area contributed by atoms with Crippen LogP contribution < -0.4 is 15.1 Å². The number of methoxy groups -OCH3 is 1. The number of benzene rings is 3. The minimum absolute atomic E-state index is 0.0384. The minimum atomic E-state index is -2.53. The second kappa shape index (κ2) is 11.5. The molecule has 0 bridgehead atoms. The topological polar surface area (TPSA) is 27.7 Å². The van der Waals surface area contributed by atoms with Gasteiger partial charge in [-0.05, 0) is 39.5 Å². The van der Waals surface area contributed by atoms with Gasteiger partial charge in [0.25, 0.3) is 8.32 Å². The summed E-state index contributed by atoms with van der Waals surface area (Å²) >= 11 is 0. The molecular formula is C29H36O3Si. The fraction of sp³-hybridized carbons (Fsp3) is 0.310. The van der Waals surface area contributed by atoms with Crippen molar-refractivity contribution >= 4 is 18.7 Å². The second-order valence-corrected chi connectivity index (χ2v) is 13.5. The minimum Gasteiger partial charge on any atom is -0.497 e. The zero-order chi connectivity index (χ0) is 23.7. The molecule has 0 aromatic heterocycles. The molecular weight excluding hydrogens is 424 g/mol. The zero-order valence-electron chi connectivity index (χ0n) is 20.3. The summed E-state index contributed by atoms with van der Waals surface area (Å²) in [4.78, 5) is 0. The molecule has 0 saturated heterocycles. The van der Waals surface area contributed by atoms with E-state index in [1.807, 2.05) is 30.3 Å². The van der Waals surface area contributed by atoms with E-state index in [9.17, 15) is 0 Å². The van der Waals surface area contributed by atoms with E-state index in [4.69, 9.17) is 13.9 Å². The molecule has 0 fully saturated rings. The highest BCUT2D eigenvalue weighted by Gasteiger charge is 2.50. The van der Waals surface area contributed by atoms with Gasteiger partial charge in [-0.25, -0.2) is 0 Å². The predicted molar refractivity (Wildman–Crippen MR) is 140 cm³/mol. The van der Waals surface area contributed by atoms with Crippen LogP contribution in [0.3, 0.4) is 0 Å². The van der Waals surface area contributed by atoms with Crippen LogP contribution in [-0.2, 0) is 15.8 Å². The zero-order valence-corrected chi connectivity index (χ0v) is 21.3. The Bertz CT molecular complexity index is 939. The summed E-state index contributed by atoms with van der Waals surface area (Å²) in [6, 6.07) is 29.4. The molecule has 0 heterocycles. The smallest absolute Gasteiger partial charge is 0.261 e. The van der Waals surface area contributed by atoms with E-state index in [1.165, 1.54) is 10.4 Å². The fourth-order valence-corrected chi connectivity index (χ4v) is 8.86. The van der Waals surface area contributed by atoms with Gasteiger partial charge in [-0.3, -0.25) is 0 Å². The number of rotatable bonds is 11. The summed E-state index contributed by atoms with van der Waals surface area (Å²) in [7, 11) is -0.858. The van der Waals surface area contributed by atoms with Crippen LogP contribution in [0.4, 0.5) is 0 Å². The Labute approximate surface area is 200 Å². The van der Waals surface area contributed by atoms with E-state index in [-0.39, 0.29) is 11.1 Å². The van der Waals surface area contributed by atoms with Crippen molar-refractivity contribution in [3.63, 3.8) is 0 Å². The molecule has 0 radical (unpaired) electrons. The van der Waals surface area contributed by atoms with Crippen LogP contribution in [0.25, 0.3) is 0 Å². The summed E-state index contributed by atoms with van der Waals surface area (Å²) in [5, 5.41) is 2.54. The van der Waals surface area contributed by atoms with Crippen LogP contribution in [0, 0.1) is 0 Å². The van der Waals surface area contributed by atoms with Crippen molar-refractivity contribution in [2.24, 2.45) is 0 Å². The first-order chi connectivity index (χ1) is 15.9. The molecule has 0 N–H and O–H groups in total. The van der Waals surface area contributed by atoms with Crippen molar-refractivity contribution in [1.29, 1.82) is 0 Å². The lowest BCUT2D eigenvalue weighted by molar-refractivity contribution is 0.0561. The largest absolute Gasteiger partial charge is 0.497 e. The number of hydrogen-bond acceptors (Lipinski definition) is 3. The monoisotopic (exact) mass is 460 g/mol. The molecule has 0 unspecified atom stereocenters. The average molecular weight is 461 g/mol. The summed E-state index contributed by atoms with van der Waals surface area (Å²) in [5.74, 6) is 0.845. The molecule has 33 heavy (non-hydrogen) atoms. The van der Waals surface area contributed by atoms with Gasteiger partial charge < -0.3 is 13.9 Å². The quantitative estimate of drug-likeness (QED) is 0.270. The van der Waals surface area contributed by atoms with Gasteiger partial charge in [0.05, 0.1) is 19.8 Å². The van der Waals surface area contributed by atoms with Crippen molar-refractivity contribution in [3.05, 3.63) is 103 Å². The fourth-order valence-electron chi connectivity index (χ4n) is 4.28. The lowest BCUT2D eigenvalue weighted by Crippen LogP contribution is -2.66. The molecule has 0 aliphatic heterocycles. The highest BCUT2D eigenvalue weighted by molar-refractivity contribution is 6.99. The van der Waals surface area contributed by atoms with E-state index in [0.717, 1.165) is 17.7 Å². The third kappa shape index (κ3) is 6.02. The van der Waals surface area contributed by atoms with Gasteiger partial charge in [-0.1, -0.05) is 99.6 Å². The van der Waals surface area contributed by atoms with E-state index in [2.05, 4.69) is 88.0 Å². The molecule has 0 amide bonds. The first-order valence-electron chi connectivity index (χ1n) is 11.5. The maximum absolute atomic E-state index is 6.98. The van der Waals surface area contributed by atoms with Gasteiger partial charge in [-0.15, -0.1) is 6.58 Å². The molecule has 0 aliphatic carbocycles. The predicted octanol–water partition coefficient (Wildman–Crippen LogP) is 5.73. The molecule has 3 aromatic carbocycles. The van der Waals surface area contributed by atoms with E-state index in [1.54, 1.807) is 7.11 Å². The standard InChI is InChI=1S/C29H36O3Si/c1-6-25(31-23-24-17-19-26(30-5)20-18-24)21-22-32-33(29(2,3)4,27-13-9-7-10-14-27)28-15-11-8-12-16-28/h6-20,25H,1,21-23H2,2-5H3/t25-/m1/s1. The number of hydrogen-bond donors (Lipinski definition) is 0. The van der Waals surface area contributed by atoms with Gasteiger partial charge in [0.2, 0.25) is 0 Å². The SMILES string of the molecule is C=C[C@H](CCO[Si](c1ccccc1)(c1ccccc1)C(C)(C)C)OCc1ccc(OC)cc1. The van der Waals surface area contributed by atoms with Crippen molar-refractivity contribution in [3.8, 4) is 5.75 Å². The van der Waals surface area contributed by atoms with Gasteiger partial charge in [-0.2, -0.15) is 0 Å². The Morgan fingerprint density at radius 1 is 0.848 bits per heavy atom. The van der Waals surface area contributed by atoms with Crippen molar-refractivity contribution in [2.75, 3.05) is 13.7 Å². The Morgan fingerprint density at radius 3 is 1.85 bits per heavy atom. The Kier molecular flexibility index (Phi) is 8.67. The van der Waals surface area contributed by atoms with E-state index < -0.39 is 8.32 Å². The number of ether oxygens (including phenoxy) is 2. The van der Waals surface area contributed by atoms with Crippen LogP contribution in [-0.4, -0.2) is 28.1 Å². The summed E-state index contributed by atoms with van der Waals surface area (Å²) < 4.78 is 18.3. The maximum Gasteiger partial charge on any atom is 0.261 e.